The number of hydrogen-bond acceptors (Lipinski definition) is 4. The van der Waals surface area contributed by atoms with Crippen LogP contribution in [0.2, 0.25) is 0 Å². The number of nitrogens with zero attached hydrogens (tertiary/aromatic N) is 4. The fourth-order valence-electron chi connectivity index (χ4n) is 1.47. The lowest BCUT2D eigenvalue weighted by Crippen LogP contribution is -2.35. The summed E-state index contributed by atoms with van der Waals surface area (Å²) in [6, 6.07) is 2.00. The van der Waals surface area contributed by atoms with Crippen molar-refractivity contribution >= 4 is 5.96 Å². The normalized spacial score (nSPS) is 15.9. The SMILES string of the molecule is CN1CCN=C1NCc1ccnn1C. The highest BCUT2D eigenvalue weighted by Crippen LogP contribution is 1.99. The van der Waals surface area contributed by atoms with Gasteiger partial charge in [0.2, 0.25) is 0 Å². The molecule has 0 amide bonds. The van der Waals surface area contributed by atoms with E-state index in [0.717, 1.165) is 31.3 Å². The first-order chi connectivity index (χ1) is 6.77. The summed E-state index contributed by atoms with van der Waals surface area (Å²) >= 11 is 0. The quantitative estimate of drug-likeness (QED) is 0.708. The van der Waals surface area contributed by atoms with Crippen molar-refractivity contribution < 1.29 is 0 Å². The Morgan fingerprint density at radius 1 is 1.50 bits per heavy atom. The standard InChI is InChI=1S/C9H15N5/c1-13-6-5-10-9(13)11-7-8-3-4-12-14(8)2/h3-4H,5-7H2,1-2H3,(H,10,11). The molecule has 14 heavy (non-hydrogen) atoms. The van der Waals surface area contributed by atoms with E-state index in [2.05, 4.69) is 20.3 Å². The van der Waals surface area contributed by atoms with E-state index in [-0.39, 0.29) is 0 Å². The number of hydrogen-bond donors (Lipinski definition) is 1. The largest absolute Gasteiger partial charge is 0.351 e. The molecule has 5 nitrogen and oxygen atoms in total. The van der Waals surface area contributed by atoms with Crippen LogP contribution in [0.5, 0.6) is 0 Å². The lowest BCUT2D eigenvalue weighted by atomic mass is 10.4. The first-order valence-corrected chi connectivity index (χ1v) is 4.74. The van der Waals surface area contributed by atoms with Crippen LogP contribution in [0.1, 0.15) is 5.69 Å². The van der Waals surface area contributed by atoms with Crippen LogP contribution in [-0.4, -0.2) is 40.8 Å². The van der Waals surface area contributed by atoms with Crippen molar-refractivity contribution in [1.29, 1.82) is 0 Å². The summed E-state index contributed by atoms with van der Waals surface area (Å²) in [6.07, 6.45) is 1.80. The van der Waals surface area contributed by atoms with E-state index >= 15 is 0 Å². The molecule has 0 fully saturated rings. The molecule has 0 unspecified atom stereocenters. The van der Waals surface area contributed by atoms with Crippen LogP contribution in [0, 0.1) is 0 Å². The molecule has 2 heterocycles. The zero-order valence-electron chi connectivity index (χ0n) is 8.56. The Kier molecular flexibility index (Phi) is 2.39. The van der Waals surface area contributed by atoms with E-state index in [1.165, 1.54) is 0 Å². The predicted octanol–water partition coefficient (Wildman–Crippen LogP) is -0.189. The maximum atomic E-state index is 4.35. The third-order valence-corrected chi connectivity index (χ3v) is 2.41. The minimum Gasteiger partial charge on any atom is -0.351 e. The summed E-state index contributed by atoms with van der Waals surface area (Å²) in [5, 5.41) is 7.39. The van der Waals surface area contributed by atoms with Crippen molar-refractivity contribution in [2.24, 2.45) is 12.0 Å². The van der Waals surface area contributed by atoms with Gasteiger partial charge >= 0.3 is 0 Å². The molecule has 0 aromatic carbocycles. The van der Waals surface area contributed by atoms with Crippen LogP contribution in [0.15, 0.2) is 17.3 Å². The lowest BCUT2D eigenvalue weighted by molar-refractivity contribution is 0.531. The average molecular weight is 193 g/mol. The maximum Gasteiger partial charge on any atom is 0.194 e. The molecule has 0 radical (unpaired) electrons. The third kappa shape index (κ3) is 1.71. The molecule has 0 atom stereocenters. The molecular weight excluding hydrogens is 178 g/mol. The Balaban J connectivity index is 1.92. The van der Waals surface area contributed by atoms with E-state index in [4.69, 9.17) is 0 Å². The number of aromatic nitrogens is 2. The summed E-state index contributed by atoms with van der Waals surface area (Å²) in [6.45, 7) is 2.68. The molecule has 0 spiro atoms. The molecular formula is C9H15N5. The zero-order chi connectivity index (χ0) is 9.97. The van der Waals surface area contributed by atoms with Gasteiger partial charge in [0.15, 0.2) is 5.96 Å². The lowest BCUT2D eigenvalue weighted by Gasteiger charge is -2.14. The summed E-state index contributed by atoms with van der Waals surface area (Å²) in [7, 11) is 3.99. The molecule has 0 saturated heterocycles. The van der Waals surface area contributed by atoms with Crippen molar-refractivity contribution in [3.05, 3.63) is 18.0 Å². The van der Waals surface area contributed by atoms with Crippen molar-refractivity contribution in [2.75, 3.05) is 20.1 Å². The minimum absolute atomic E-state index is 0.777. The predicted molar refractivity (Wildman–Crippen MR) is 55.0 cm³/mol. The molecule has 1 aromatic heterocycles. The molecule has 5 heteroatoms. The molecule has 76 valence electrons. The Labute approximate surface area is 83.4 Å². The van der Waals surface area contributed by atoms with Gasteiger partial charge in [0.05, 0.1) is 18.8 Å². The van der Waals surface area contributed by atoms with Crippen molar-refractivity contribution in [3.8, 4) is 0 Å². The van der Waals surface area contributed by atoms with Gasteiger partial charge in [0, 0.05) is 26.8 Å². The Bertz CT molecular complexity index is 341. The van der Waals surface area contributed by atoms with E-state index in [1.54, 1.807) is 6.20 Å². The summed E-state index contributed by atoms with van der Waals surface area (Å²) in [4.78, 5) is 6.47. The zero-order valence-corrected chi connectivity index (χ0v) is 8.56. The van der Waals surface area contributed by atoms with E-state index in [1.807, 2.05) is 24.8 Å². The van der Waals surface area contributed by atoms with Gasteiger partial charge in [-0.25, -0.2) is 0 Å². The van der Waals surface area contributed by atoms with Gasteiger partial charge < -0.3 is 10.2 Å². The maximum absolute atomic E-state index is 4.35. The van der Waals surface area contributed by atoms with Crippen LogP contribution < -0.4 is 5.32 Å². The van der Waals surface area contributed by atoms with Gasteiger partial charge in [0.1, 0.15) is 0 Å². The highest BCUT2D eigenvalue weighted by atomic mass is 15.3. The molecule has 1 aliphatic heterocycles. The first-order valence-electron chi connectivity index (χ1n) is 4.74. The number of aliphatic imine (C=N–C) groups is 1. The highest BCUT2D eigenvalue weighted by Gasteiger charge is 2.11. The highest BCUT2D eigenvalue weighted by molar-refractivity contribution is 5.81. The third-order valence-electron chi connectivity index (χ3n) is 2.41. The number of aryl methyl sites for hydroxylation is 1. The molecule has 0 saturated carbocycles. The topological polar surface area (TPSA) is 45.4 Å². The summed E-state index contributed by atoms with van der Waals surface area (Å²) in [5.74, 6) is 0.978. The van der Waals surface area contributed by atoms with Gasteiger partial charge in [-0.1, -0.05) is 0 Å². The van der Waals surface area contributed by atoms with Gasteiger partial charge in [-0.15, -0.1) is 0 Å². The van der Waals surface area contributed by atoms with Crippen LogP contribution in [0.25, 0.3) is 0 Å². The smallest absolute Gasteiger partial charge is 0.194 e. The van der Waals surface area contributed by atoms with Crippen LogP contribution in [-0.2, 0) is 13.6 Å². The van der Waals surface area contributed by atoms with E-state index in [9.17, 15) is 0 Å². The second-order valence-corrected chi connectivity index (χ2v) is 3.43. The monoisotopic (exact) mass is 193 g/mol. The van der Waals surface area contributed by atoms with Crippen LogP contribution >= 0.6 is 0 Å². The number of rotatable bonds is 2. The van der Waals surface area contributed by atoms with Gasteiger partial charge in [-0.2, -0.15) is 5.10 Å². The van der Waals surface area contributed by atoms with Crippen molar-refractivity contribution in [3.63, 3.8) is 0 Å². The number of likely N-dealkylation sites (N-methyl/N-ethyl adjacent to an activating group) is 1. The van der Waals surface area contributed by atoms with E-state index in [0.29, 0.717) is 0 Å². The van der Waals surface area contributed by atoms with Crippen LogP contribution in [0.3, 0.4) is 0 Å². The summed E-state index contributed by atoms with van der Waals surface area (Å²) < 4.78 is 1.86. The first kappa shape index (κ1) is 9.05. The number of guanidine groups is 1. The second-order valence-electron chi connectivity index (χ2n) is 3.43. The van der Waals surface area contributed by atoms with Crippen molar-refractivity contribution in [1.82, 2.24) is 20.0 Å². The Morgan fingerprint density at radius 3 is 2.93 bits per heavy atom. The Morgan fingerprint density at radius 2 is 2.36 bits per heavy atom. The fraction of sp³-hybridized carbons (Fsp3) is 0.556. The molecule has 0 aliphatic carbocycles. The molecule has 1 aromatic rings. The average Bonchev–Trinajstić information content (AvgIpc) is 2.72. The summed E-state index contributed by atoms with van der Waals surface area (Å²) in [5.41, 5.74) is 1.16. The minimum atomic E-state index is 0.777. The van der Waals surface area contributed by atoms with Gasteiger partial charge in [-0.3, -0.25) is 9.67 Å². The van der Waals surface area contributed by atoms with Gasteiger partial charge in [0.25, 0.3) is 0 Å². The number of nitrogens with one attached hydrogen (secondary N) is 1. The molecule has 1 N–H and O–H groups in total. The van der Waals surface area contributed by atoms with Gasteiger partial charge in [-0.05, 0) is 6.07 Å². The Hall–Kier alpha value is -1.52. The van der Waals surface area contributed by atoms with Crippen LogP contribution in [0.4, 0.5) is 0 Å². The van der Waals surface area contributed by atoms with Crippen molar-refractivity contribution in [2.45, 2.75) is 6.54 Å². The fourth-order valence-corrected chi connectivity index (χ4v) is 1.47. The molecule has 0 bridgehead atoms. The second kappa shape index (κ2) is 3.69. The molecule has 2 rings (SSSR count). The molecule has 1 aliphatic rings. The van der Waals surface area contributed by atoms with E-state index < -0.39 is 0 Å².